The third-order valence-electron chi connectivity index (χ3n) is 3.65. The lowest BCUT2D eigenvalue weighted by Gasteiger charge is -2.42. The van der Waals surface area contributed by atoms with E-state index in [1.807, 2.05) is 0 Å². The molecule has 0 atom stereocenters. The van der Waals surface area contributed by atoms with Gasteiger partial charge in [0, 0.05) is 6.04 Å². The van der Waals surface area contributed by atoms with Gasteiger partial charge in [-0.2, -0.15) is 13.2 Å². The highest BCUT2D eigenvalue weighted by molar-refractivity contribution is 4.91. The van der Waals surface area contributed by atoms with Crippen LogP contribution in [0.2, 0.25) is 0 Å². The number of halogens is 3. The topological polar surface area (TPSA) is 21.3 Å². The SMILES string of the molecule is FC(F)(F)CCOC1(CCNC2CC2)CCC1. The molecule has 5 heteroatoms. The maximum Gasteiger partial charge on any atom is 0.391 e. The van der Waals surface area contributed by atoms with Crippen LogP contribution in [0.1, 0.15) is 44.9 Å². The Hall–Kier alpha value is -0.290. The van der Waals surface area contributed by atoms with Gasteiger partial charge in [0.05, 0.1) is 18.6 Å². The van der Waals surface area contributed by atoms with Crippen molar-refractivity contribution in [3.05, 3.63) is 0 Å². The molecule has 0 bridgehead atoms. The maximum atomic E-state index is 12.0. The molecule has 0 radical (unpaired) electrons. The van der Waals surface area contributed by atoms with Crippen molar-refractivity contribution in [2.24, 2.45) is 0 Å². The van der Waals surface area contributed by atoms with Gasteiger partial charge in [0.25, 0.3) is 0 Å². The van der Waals surface area contributed by atoms with Crippen molar-refractivity contribution in [1.82, 2.24) is 5.32 Å². The van der Waals surface area contributed by atoms with Crippen LogP contribution in [0.3, 0.4) is 0 Å². The van der Waals surface area contributed by atoms with Gasteiger partial charge >= 0.3 is 6.18 Å². The Morgan fingerprint density at radius 2 is 1.94 bits per heavy atom. The van der Waals surface area contributed by atoms with E-state index in [9.17, 15) is 13.2 Å². The van der Waals surface area contributed by atoms with E-state index < -0.39 is 12.6 Å². The summed E-state index contributed by atoms with van der Waals surface area (Å²) in [5, 5.41) is 3.38. The summed E-state index contributed by atoms with van der Waals surface area (Å²) in [6.45, 7) is 0.684. The Morgan fingerprint density at radius 1 is 1.24 bits per heavy atom. The minimum absolute atomic E-state index is 0.188. The summed E-state index contributed by atoms with van der Waals surface area (Å²) in [7, 11) is 0. The summed E-state index contributed by atoms with van der Waals surface area (Å²) in [5.41, 5.74) is -0.257. The van der Waals surface area contributed by atoms with E-state index in [1.165, 1.54) is 12.8 Å². The van der Waals surface area contributed by atoms with Gasteiger partial charge in [-0.05, 0) is 45.1 Å². The first-order valence-corrected chi connectivity index (χ1v) is 6.43. The maximum absolute atomic E-state index is 12.0. The molecule has 2 rings (SSSR count). The van der Waals surface area contributed by atoms with Gasteiger partial charge in [-0.3, -0.25) is 0 Å². The predicted molar refractivity (Wildman–Crippen MR) is 58.8 cm³/mol. The van der Waals surface area contributed by atoms with E-state index in [0.717, 1.165) is 32.2 Å². The third kappa shape index (κ3) is 4.47. The molecular weight excluding hydrogens is 231 g/mol. The molecule has 0 saturated heterocycles. The molecule has 0 aromatic carbocycles. The Bertz CT molecular complexity index is 247. The molecule has 2 saturated carbocycles. The van der Waals surface area contributed by atoms with Crippen molar-refractivity contribution in [1.29, 1.82) is 0 Å². The summed E-state index contributed by atoms with van der Waals surface area (Å²) in [5.74, 6) is 0. The lowest BCUT2D eigenvalue weighted by atomic mass is 9.77. The molecule has 0 spiro atoms. The number of ether oxygens (including phenoxy) is 1. The normalized spacial score (nSPS) is 23.5. The molecule has 0 heterocycles. The summed E-state index contributed by atoms with van der Waals surface area (Å²) < 4.78 is 41.6. The fraction of sp³-hybridized carbons (Fsp3) is 1.00. The van der Waals surface area contributed by atoms with Crippen LogP contribution in [0, 0.1) is 0 Å². The molecule has 0 aromatic heterocycles. The molecule has 1 N–H and O–H groups in total. The van der Waals surface area contributed by atoms with Gasteiger partial charge in [0.2, 0.25) is 0 Å². The summed E-state index contributed by atoms with van der Waals surface area (Å²) in [4.78, 5) is 0. The number of nitrogens with one attached hydrogen (secondary N) is 1. The van der Waals surface area contributed by atoms with Crippen LogP contribution in [-0.2, 0) is 4.74 Å². The minimum Gasteiger partial charge on any atom is -0.375 e. The van der Waals surface area contributed by atoms with E-state index in [-0.39, 0.29) is 12.2 Å². The van der Waals surface area contributed by atoms with Crippen LogP contribution in [0.25, 0.3) is 0 Å². The van der Waals surface area contributed by atoms with Gasteiger partial charge in [-0.1, -0.05) is 0 Å². The van der Waals surface area contributed by atoms with Gasteiger partial charge in [0.15, 0.2) is 0 Å². The smallest absolute Gasteiger partial charge is 0.375 e. The molecule has 2 aliphatic rings. The average molecular weight is 251 g/mol. The van der Waals surface area contributed by atoms with Gasteiger partial charge < -0.3 is 10.1 Å². The molecule has 100 valence electrons. The van der Waals surface area contributed by atoms with Gasteiger partial charge in [0.1, 0.15) is 0 Å². The highest BCUT2D eigenvalue weighted by atomic mass is 19.4. The predicted octanol–water partition coefficient (Wildman–Crippen LogP) is 3.02. The number of hydrogen-bond acceptors (Lipinski definition) is 2. The van der Waals surface area contributed by atoms with Crippen molar-refractivity contribution in [2.75, 3.05) is 13.2 Å². The van der Waals surface area contributed by atoms with Gasteiger partial charge in [-0.15, -0.1) is 0 Å². The standard InChI is InChI=1S/C12H20F3NO/c13-12(14,15)7-9-17-11(4-1-5-11)6-8-16-10-2-3-10/h10,16H,1-9H2. The van der Waals surface area contributed by atoms with Crippen LogP contribution < -0.4 is 5.32 Å². The first-order chi connectivity index (χ1) is 7.99. The fourth-order valence-electron chi connectivity index (χ4n) is 2.21. The van der Waals surface area contributed by atoms with E-state index in [4.69, 9.17) is 4.74 Å². The molecule has 0 aliphatic heterocycles. The zero-order valence-electron chi connectivity index (χ0n) is 9.98. The van der Waals surface area contributed by atoms with Crippen molar-refractivity contribution in [3.8, 4) is 0 Å². The highest BCUT2D eigenvalue weighted by Crippen LogP contribution is 2.39. The molecule has 0 aromatic rings. The van der Waals surface area contributed by atoms with E-state index in [1.54, 1.807) is 0 Å². The van der Waals surface area contributed by atoms with Crippen molar-refractivity contribution in [3.63, 3.8) is 0 Å². The molecule has 2 fully saturated rings. The minimum atomic E-state index is -4.10. The second-order valence-electron chi connectivity index (χ2n) is 5.23. The third-order valence-corrected chi connectivity index (χ3v) is 3.65. The quantitative estimate of drug-likeness (QED) is 0.751. The van der Waals surface area contributed by atoms with Crippen molar-refractivity contribution < 1.29 is 17.9 Å². The van der Waals surface area contributed by atoms with Crippen LogP contribution in [0.15, 0.2) is 0 Å². The van der Waals surface area contributed by atoms with Crippen LogP contribution >= 0.6 is 0 Å². The highest BCUT2D eigenvalue weighted by Gasteiger charge is 2.39. The summed E-state index contributed by atoms with van der Waals surface area (Å²) in [6, 6.07) is 0.655. The lowest BCUT2D eigenvalue weighted by molar-refractivity contribution is -0.170. The molecule has 2 nitrogen and oxygen atoms in total. The van der Waals surface area contributed by atoms with E-state index in [2.05, 4.69) is 5.32 Å². The van der Waals surface area contributed by atoms with Crippen LogP contribution in [-0.4, -0.2) is 31.0 Å². The Labute approximate surface area is 99.9 Å². The zero-order chi connectivity index (χ0) is 12.4. The molecule has 0 amide bonds. The molecular formula is C12H20F3NO. The Morgan fingerprint density at radius 3 is 2.41 bits per heavy atom. The number of alkyl halides is 3. The number of hydrogen-bond donors (Lipinski definition) is 1. The summed E-state index contributed by atoms with van der Waals surface area (Å²) in [6.07, 6.45) is 1.30. The second-order valence-corrected chi connectivity index (χ2v) is 5.23. The largest absolute Gasteiger partial charge is 0.391 e. The summed E-state index contributed by atoms with van der Waals surface area (Å²) >= 11 is 0. The molecule has 17 heavy (non-hydrogen) atoms. The molecule has 0 unspecified atom stereocenters. The van der Waals surface area contributed by atoms with Crippen molar-refractivity contribution in [2.45, 2.75) is 62.8 Å². The fourth-order valence-corrected chi connectivity index (χ4v) is 2.21. The van der Waals surface area contributed by atoms with Crippen molar-refractivity contribution >= 4 is 0 Å². The first-order valence-electron chi connectivity index (χ1n) is 6.43. The number of rotatable bonds is 7. The second kappa shape index (κ2) is 5.14. The zero-order valence-corrected chi connectivity index (χ0v) is 9.98. The monoisotopic (exact) mass is 251 g/mol. The Kier molecular flexibility index (Phi) is 3.98. The lowest BCUT2D eigenvalue weighted by Crippen LogP contribution is -2.43. The first kappa shape index (κ1) is 13.1. The average Bonchev–Trinajstić information content (AvgIpc) is 2.94. The van der Waals surface area contributed by atoms with E-state index in [0.29, 0.717) is 6.04 Å². The van der Waals surface area contributed by atoms with E-state index >= 15 is 0 Å². The van der Waals surface area contributed by atoms with Crippen LogP contribution in [0.4, 0.5) is 13.2 Å². The van der Waals surface area contributed by atoms with Gasteiger partial charge in [-0.25, -0.2) is 0 Å². The molecule has 2 aliphatic carbocycles. The van der Waals surface area contributed by atoms with Crippen LogP contribution in [0.5, 0.6) is 0 Å². The Balaban J connectivity index is 1.63.